The Labute approximate surface area is 171 Å². The van der Waals surface area contributed by atoms with E-state index >= 15 is 0 Å². The monoisotopic (exact) mass is 419 g/mol. The summed E-state index contributed by atoms with van der Waals surface area (Å²) in [5, 5.41) is 8.15. The smallest absolute Gasteiger partial charge is 0.317 e. The second-order valence-electron chi connectivity index (χ2n) is 7.22. The summed E-state index contributed by atoms with van der Waals surface area (Å²) in [4.78, 5) is 27.3. The molecule has 7 heteroatoms. The van der Waals surface area contributed by atoms with Gasteiger partial charge < -0.3 is 5.11 Å². The molecule has 2 aromatic rings. The minimum Gasteiger partial charge on any atom is -0.480 e. The van der Waals surface area contributed by atoms with Gasteiger partial charge in [0.1, 0.15) is 22.0 Å². The highest BCUT2D eigenvalue weighted by atomic mass is 35.5. The van der Waals surface area contributed by atoms with Crippen LogP contribution in [-0.2, 0) is 21.5 Å². The minimum absolute atomic E-state index is 0.148. The van der Waals surface area contributed by atoms with E-state index in [0.29, 0.717) is 16.8 Å². The number of thioether (sulfide) groups is 1. The quantitative estimate of drug-likeness (QED) is 0.588. The van der Waals surface area contributed by atoms with E-state index < -0.39 is 22.1 Å². The number of carbonyl (C=O) groups is 2. The third kappa shape index (κ3) is 2.65. The maximum Gasteiger partial charge on any atom is 0.317 e. The number of carboxylic acid groups (broad SMARTS) is 1. The molecule has 146 valence electrons. The van der Waals surface area contributed by atoms with Gasteiger partial charge in [0.15, 0.2) is 0 Å². The first-order chi connectivity index (χ1) is 13.3. The average molecular weight is 420 g/mol. The van der Waals surface area contributed by atoms with E-state index in [1.54, 1.807) is 17.9 Å². The number of aryl methyl sites for hydroxylation is 2. The summed E-state index contributed by atoms with van der Waals surface area (Å²) in [6.45, 7) is 3.78. The van der Waals surface area contributed by atoms with Crippen LogP contribution in [0.15, 0.2) is 41.3 Å². The number of amides is 1. The Morgan fingerprint density at radius 3 is 2.75 bits per heavy atom. The molecule has 3 atom stereocenters. The zero-order valence-corrected chi connectivity index (χ0v) is 17.0. The molecule has 0 spiro atoms. The van der Waals surface area contributed by atoms with E-state index in [-0.39, 0.29) is 18.1 Å². The first-order valence-corrected chi connectivity index (χ1v) is 10.4. The number of β-lactam (4-membered cyclic amide) rings is 1. The minimum atomic E-state index is -1.02. The van der Waals surface area contributed by atoms with Crippen LogP contribution < -0.4 is 4.90 Å². The molecule has 1 amide bonds. The number of carbonyl (C=O) groups excluding carboxylic acids is 1. The van der Waals surface area contributed by atoms with Gasteiger partial charge in [-0.05, 0) is 54.3 Å². The third-order valence-corrected chi connectivity index (χ3v) is 7.41. The predicted octanol–water partition coefficient (Wildman–Crippen LogP) is 4.50. The highest BCUT2D eigenvalue weighted by Crippen LogP contribution is 2.57. The molecule has 0 aliphatic carbocycles. The zero-order valence-electron chi connectivity index (χ0n) is 15.4. The van der Waals surface area contributed by atoms with Gasteiger partial charge in [-0.2, -0.15) is 0 Å². The van der Waals surface area contributed by atoms with Crippen LogP contribution in [0.4, 0.5) is 10.1 Å². The SMILES string of the molecule is CCc1ccc2c(c1)SC(C(=O)O)CC1(c3ccc(F)cc3C)C(Cl)C(=O)N21. The fourth-order valence-electron chi connectivity index (χ4n) is 4.24. The van der Waals surface area contributed by atoms with Gasteiger partial charge >= 0.3 is 5.97 Å². The Balaban J connectivity index is 1.97. The van der Waals surface area contributed by atoms with Crippen molar-refractivity contribution in [1.82, 2.24) is 0 Å². The Hall–Kier alpha value is -2.05. The van der Waals surface area contributed by atoms with Gasteiger partial charge in [-0.15, -0.1) is 23.4 Å². The molecule has 28 heavy (non-hydrogen) atoms. The Morgan fingerprint density at radius 2 is 2.11 bits per heavy atom. The summed E-state index contributed by atoms with van der Waals surface area (Å²) in [6, 6.07) is 10.1. The van der Waals surface area contributed by atoms with Crippen molar-refractivity contribution in [2.24, 2.45) is 0 Å². The summed E-state index contributed by atoms with van der Waals surface area (Å²) in [5.41, 5.74) is 2.04. The molecule has 2 aliphatic rings. The van der Waals surface area contributed by atoms with Gasteiger partial charge in [0.05, 0.1) is 5.69 Å². The number of fused-ring (bicyclic) bond motifs is 3. The first kappa shape index (κ1) is 19.3. The fraction of sp³-hybridized carbons (Fsp3) is 0.333. The van der Waals surface area contributed by atoms with Crippen LogP contribution in [0.3, 0.4) is 0 Å². The predicted molar refractivity (Wildman–Crippen MR) is 108 cm³/mol. The first-order valence-electron chi connectivity index (χ1n) is 9.06. The van der Waals surface area contributed by atoms with Crippen LogP contribution in [0.2, 0.25) is 0 Å². The van der Waals surface area contributed by atoms with Gasteiger partial charge in [-0.25, -0.2) is 4.39 Å². The highest BCUT2D eigenvalue weighted by molar-refractivity contribution is 8.00. The number of benzene rings is 2. The molecule has 2 heterocycles. The van der Waals surface area contributed by atoms with Crippen LogP contribution in [0, 0.1) is 12.7 Å². The maximum absolute atomic E-state index is 13.7. The van der Waals surface area contributed by atoms with Crippen LogP contribution >= 0.6 is 23.4 Å². The average Bonchev–Trinajstić information content (AvgIpc) is 2.80. The summed E-state index contributed by atoms with van der Waals surface area (Å²) in [6.07, 6.45) is 0.954. The Bertz CT molecular complexity index is 998. The summed E-state index contributed by atoms with van der Waals surface area (Å²) < 4.78 is 13.7. The summed E-state index contributed by atoms with van der Waals surface area (Å²) >= 11 is 7.80. The standard InChI is InChI=1S/C21H19ClFNO3S/c1-3-12-4-7-15-16(9-12)28-17(20(26)27)10-21(18(22)19(25)24(15)21)14-6-5-13(23)8-11(14)2/h4-9,17-18H,3,10H2,1-2H3,(H,26,27). The molecule has 0 saturated carbocycles. The lowest BCUT2D eigenvalue weighted by atomic mass is 9.71. The molecule has 0 aromatic heterocycles. The molecule has 4 nitrogen and oxygen atoms in total. The molecule has 0 bridgehead atoms. The maximum atomic E-state index is 13.7. The fourth-order valence-corrected chi connectivity index (χ4v) is 5.89. The van der Waals surface area contributed by atoms with Gasteiger partial charge in [0, 0.05) is 11.3 Å². The molecular weight excluding hydrogens is 401 g/mol. The molecule has 1 N–H and O–H groups in total. The van der Waals surface area contributed by atoms with Crippen LogP contribution in [0.1, 0.15) is 30.0 Å². The second-order valence-corrected chi connectivity index (χ2v) is 8.91. The van der Waals surface area contributed by atoms with Gasteiger partial charge in [-0.3, -0.25) is 14.5 Å². The van der Waals surface area contributed by atoms with Crippen molar-refractivity contribution in [2.45, 2.75) is 47.8 Å². The Kier molecular flexibility index (Phi) is 4.67. The van der Waals surface area contributed by atoms with E-state index in [4.69, 9.17) is 11.6 Å². The van der Waals surface area contributed by atoms with E-state index in [9.17, 15) is 19.1 Å². The summed E-state index contributed by atoms with van der Waals surface area (Å²) in [5.74, 6) is -1.60. The van der Waals surface area contributed by atoms with Crippen molar-refractivity contribution in [3.63, 3.8) is 0 Å². The van der Waals surface area contributed by atoms with Gasteiger partial charge in [0.25, 0.3) is 0 Å². The number of nitrogens with zero attached hydrogens (tertiary/aromatic N) is 1. The normalized spacial score (nSPS) is 26.1. The van der Waals surface area contributed by atoms with Gasteiger partial charge in [-0.1, -0.05) is 19.1 Å². The molecule has 2 aromatic carbocycles. The molecule has 0 radical (unpaired) electrons. The van der Waals surface area contributed by atoms with Crippen LogP contribution in [0.5, 0.6) is 0 Å². The second kappa shape index (κ2) is 6.78. The van der Waals surface area contributed by atoms with Crippen molar-refractivity contribution in [3.05, 3.63) is 58.9 Å². The third-order valence-electron chi connectivity index (χ3n) is 5.62. The lowest BCUT2D eigenvalue weighted by Crippen LogP contribution is -2.71. The zero-order chi connectivity index (χ0) is 20.2. The van der Waals surface area contributed by atoms with Crippen LogP contribution in [0.25, 0.3) is 0 Å². The van der Waals surface area contributed by atoms with Crippen molar-refractivity contribution in [1.29, 1.82) is 0 Å². The largest absolute Gasteiger partial charge is 0.480 e. The van der Waals surface area contributed by atoms with Crippen molar-refractivity contribution >= 4 is 40.9 Å². The number of alkyl halides is 1. The lowest BCUT2D eigenvalue weighted by Gasteiger charge is -2.56. The van der Waals surface area contributed by atoms with Gasteiger partial charge in [0.2, 0.25) is 5.91 Å². The number of hydrogen-bond acceptors (Lipinski definition) is 3. The molecule has 3 unspecified atom stereocenters. The molecular formula is C21H19ClFNO3S. The van der Waals surface area contributed by atoms with Crippen molar-refractivity contribution in [2.75, 3.05) is 4.90 Å². The summed E-state index contributed by atoms with van der Waals surface area (Å²) in [7, 11) is 0. The van der Waals surface area contributed by atoms with E-state index in [1.165, 1.54) is 23.9 Å². The topological polar surface area (TPSA) is 57.6 Å². The molecule has 1 saturated heterocycles. The van der Waals surface area contributed by atoms with Crippen molar-refractivity contribution < 1.29 is 19.1 Å². The molecule has 1 fully saturated rings. The van der Waals surface area contributed by atoms with Crippen molar-refractivity contribution in [3.8, 4) is 0 Å². The van der Waals surface area contributed by atoms with E-state index in [0.717, 1.165) is 16.9 Å². The number of hydrogen-bond donors (Lipinski definition) is 1. The van der Waals surface area contributed by atoms with E-state index in [2.05, 4.69) is 0 Å². The molecule has 4 rings (SSSR count). The number of halogens is 2. The molecule has 2 aliphatic heterocycles. The Morgan fingerprint density at radius 1 is 1.36 bits per heavy atom. The lowest BCUT2D eigenvalue weighted by molar-refractivity contribution is -0.138. The number of carboxylic acids is 1. The number of anilines is 1. The number of aliphatic carboxylic acids is 1. The highest BCUT2D eigenvalue weighted by Gasteiger charge is 2.64. The number of rotatable bonds is 3. The van der Waals surface area contributed by atoms with Crippen LogP contribution in [-0.4, -0.2) is 27.6 Å². The van der Waals surface area contributed by atoms with E-state index in [1.807, 2.05) is 25.1 Å².